The van der Waals surface area contributed by atoms with Crippen molar-refractivity contribution in [2.75, 3.05) is 19.7 Å². The molecule has 1 aromatic carbocycles. The van der Waals surface area contributed by atoms with Crippen molar-refractivity contribution in [3.8, 4) is 5.75 Å². The van der Waals surface area contributed by atoms with Gasteiger partial charge in [-0.15, -0.1) is 0 Å². The first-order valence-corrected chi connectivity index (χ1v) is 8.95. The molecule has 1 fully saturated rings. The molecule has 4 rings (SSSR count). The summed E-state index contributed by atoms with van der Waals surface area (Å²) in [6.07, 6.45) is 6.31. The highest BCUT2D eigenvalue weighted by Crippen LogP contribution is 2.24. The maximum Gasteiger partial charge on any atom is 0.253 e. The smallest absolute Gasteiger partial charge is 0.253 e. The lowest BCUT2D eigenvalue weighted by atomic mass is 9.99. The summed E-state index contributed by atoms with van der Waals surface area (Å²) in [5, 5.41) is 3.72. The second kappa shape index (κ2) is 7.23. The number of fused-ring (bicyclic) bond motifs is 1. The van der Waals surface area contributed by atoms with Gasteiger partial charge in [0.1, 0.15) is 12.4 Å². The molecule has 2 aliphatic heterocycles. The van der Waals surface area contributed by atoms with Crippen LogP contribution in [0.1, 0.15) is 28.8 Å². The number of piperidine rings is 1. The lowest BCUT2D eigenvalue weighted by Gasteiger charge is -2.36. The third kappa shape index (κ3) is 3.66. The van der Waals surface area contributed by atoms with E-state index in [9.17, 15) is 4.79 Å². The maximum absolute atomic E-state index is 12.5. The number of hydrogen-bond donors (Lipinski definition) is 1. The van der Waals surface area contributed by atoms with Gasteiger partial charge in [-0.25, -0.2) is 0 Å². The Morgan fingerprint density at radius 2 is 1.84 bits per heavy atom. The first-order valence-electron chi connectivity index (χ1n) is 8.95. The van der Waals surface area contributed by atoms with Crippen LogP contribution in [-0.4, -0.2) is 47.6 Å². The number of carbonyl (C=O) groups excluding carboxylic acids is 1. The van der Waals surface area contributed by atoms with Gasteiger partial charge in [0.25, 0.3) is 5.91 Å². The summed E-state index contributed by atoms with van der Waals surface area (Å²) in [6, 6.07) is 12.6. The minimum absolute atomic E-state index is 0.107. The molecule has 3 heterocycles. The van der Waals surface area contributed by atoms with Crippen LogP contribution in [0, 0.1) is 0 Å². The molecule has 1 N–H and O–H groups in total. The van der Waals surface area contributed by atoms with Gasteiger partial charge in [-0.2, -0.15) is 0 Å². The molecule has 2 aromatic rings. The second-order valence-electron chi connectivity index (χ2n) is 6.79. The second-order valence-corrected chi connectivity index (χ2v) is 6.79. The number of amides is 1. The minimum Gasteiger partial charge on any atom is -0.492 e. The van der Waals surface area contributed by atoms with Crippen LogP contribution in [0.15, 0.2) is 48.8 Å². The van der Waals surface area contributed by atoms with Crippen LogP contribution in [0.3, 0.4) is 0 Å². The first-order chi connectivity index (χ1) is 12.3. The fraction of sp³-hybridized carbons (Fsp3) is 0.400. The Balaban J connectivity index is 1.29. The zero-order chi connectivity index (χ0) is 17.1. The molecule has 1 saturated heterocycles. The van der Waals surface area contributed by atoms with E-state index in [2.05, 4.69) is 22.4 Å². The number of benzene rings is 1. The van der Waals surface area contributed by atoms with Crippen molar-refractivity contribution in [3.05, 3.63) is 59.9 Å². The van der Waals surface area contributed by atoms with Crippen molar-refractivity contribution in [2.24, 2.45) is 0 Å². The first kappa shape index (κ1) is 16.1. The molecule has 25 heavy (non-hydrogen) atoms. The summed E-state index contributed by atoms with van der Waals surface area (Å²) in [7, 11) is 0. The maximum atomic E-state index is 12.5. The summed E-state index contributed by atoms with van der Waals surface area (Å²) in [5.74, 6) is 1.12. The molecule has 5 nitrogen and oxygen atoms in total. The Morgan fingerprint density at radius 1 is 1.08 bits per heavy atom. The van der Waals surface area contributed by atoms with Crippen molar-refractivity contribution in [1.82, 2.24) is 15.2 Å². The summed E-state index contributed by atoms with van der Waals surface area (Å²) in [6.45, 7) is 2.30. The van der Waals surface area contributed by atoms with E-state index in [1.54, 1.807) is 24.5 Å². The SMILES string of the molecule is O=C(c1ccncc1)N1CCC(NC2COc3ccccc3C2)CC1. The monoisotopic (exact) mass is 337 g/mol. The third-order valence-electron chi connectivity index (χ3n) is 5.06. The summed E-state index contributed by atoms with van der Waals surface area (Å²) in [5.41, 5.74) is 2.00. The van der Waals surface area contributed by atoms with Crippen molar-refractivity contribution in [3.63, 3.8) is 0 Å². The molecule has 0 saturated carbocycles. The van der Waals surface area contributed by atoms with Crippen molar-refractivity contribution in [2.45, 2.75) is 31.3 Å². The molecule has 0 bridgehead atoms. The largest absolute Gasteiger partial charge is 0.492 e. The van der Waals surface area contributed by atoms with E-state index in [0.717, 1.165) is 43.7 Å². The van der Waals surface area contributed by atoms with Crippen LogP contribution in [0.5, 0.6) is 5.75 Å². The molecule has 0 spiro atoms. The molecule has 5 heteroatoms. The molecule has 130 valence electrons. The van der Waals surface area contributed by atoms with Crippen molar-refractivity contribution in [1.29, 1.82) is 0 Å². The van der Waals surface area contributed by atoms with E-state index in [-0.39, 0.29) is 5.91 Å². The lowest BCUT2D eigenvalue weighted by molar-refractivity contribution is 0.0697. The summed E-state index contributed by atoms with van der Waals surface area (Å²) in [4.78, 5) is 18.4. The minimum atomic E-state index is 0.107. The number of nitrogens with zero attached hydrogens (tertiary/aromatic N) is 2. The van der Waals surface area contributed by atoms with Crippen LogP contribution in [0.25, 0.3) is 0 Å². The molecule has 1 amide bonds. The number of carbonyl (C=O) groups is 1. The highest BCUT2D eigenvalue weighted by atomic mass is 16.5. The van der Waals surface area contributed by atoms with Gasteiger partial charge in [0.05, 0.1) is 0 Å². The topological polar surface area (TPSA) is 54.5 Å². The van der Waals surface area contributed by atoms with Crippen LogP contribution in [0.4, 0.5) is 0 Å². The van der Waals surface area contributed by atoms with Crippen LogP contribution in [0.2, 0.25) is 0 Å². The Hall–Kier alpha value is -2.40. The van der Waals surface area contributed by atoms with Gasteiger partial charge < -0.3 is 15.0 Å². The van der Waals surface area contributed by atoms with Gasteiger partial charge in [0.2, 0.25) is 0 Å². The zero-order valence-corrected chi connectivity index (χ0v) is 14.2. The average Bonchev–Trinajstić information content (AvgIpc) is 2.69. The molecule has 0 radical (unpaired) electrons. The van der Waals surface area contributed by atoms with Crippen LogP contribution in [-0.2, 0) is 6.42 Å². The number of nitrogens with one attached hydrogen (secondary N) is 1. The highest BCUT2D eigenvalue weighted by molar-refractivity contribution is 5.94. The predicted octanol–water partition coefficient (Wildman–Crippen LogP) is 2.28. The van der Waals surface area contributed by atoms with E-state index in [4.69, 9.17) is 4.74 Å². The molecule has 1 atom stereocenters. The number of rotatable bonds is 3. The third-order valence-corrected chi connectivity index (χ3v) is 5.06. The quantitative estimate of drug-likeness (QED) is 0.934. The van der Waals surface area contributed by atoms with E-state index >= 15 is 0 Å². The van der Waals surface area contributed by atoms with Crippen molar-refractivity contribution < 1.29 is 9.53 Å². The zero-order valence-electron chi connectivity index (χ0n) is 14.2. The van der Waals surface area contributed by atoms with Gasteiger partial charge in [-0.05, 0) is 43.0 Å². The van der Waals surface area contributed by atoms with Crippen molar-refractivity contribution >= 4 is 5.91 Å². The molecule has 0 aliphatic carbocycles. The Morgan fingerprint density at radius 3 is 2.64 bits per heavy atom. The fourth-order valence-corrected chi connectivity index (χ4v) is 3.69. The molecular formula is C20H23N3O2. The number of hydrogen-bond acceptors (Lipinski definition) is 4. The van der Waals surface area contributed by atoms with E-state index in [1.165, 1.54) is 5.56 Å². The molecule has 1 unspecified atom stereocenters. The van der Waals surface area contributed by atoms with Gasteiger partial charge in [-0.1, -0.05) is 18.2 Å². The van der Waals surface area contributed by atoms with Gasteiger partial charge in [0, 0.05) is 43.1 Å². The Labute approximate surface area is 148 Å². The number of ether oxygens (including phenoxy) is 1. The van der Waals surface area contributed by atoms with Gasteiger partial charge >= 0.3 is 0 Å². The number of aromatic nitrogens is 1. The normalized spacial score (nSPS) is 20.6. The molecular weight excluding hydrogens is 314 g/mol. The number of pyridine rings is 1. The van der Waals surface area contributed by atoms with E-state index in [1.807, 2.05) is 17.0 Å². The summed E-state index contributed by atoms with van der Waals surface area (Å²) >= 11 is 0. The molecule has 2 aliphatic rings. The Bertz CT molecular complexity index is 727. The van der Waals surface area contributed by atoms with E-state index in [0.29, 0.717) is 18.7 Å². The molecule has 1 aromatic heterocycles. The van der Waals surface area contributed by atoms with Gasteiger partial charge in [0.15, 0.2) is 0 Å². The fourth-order valence-electron chi connectivity index (χ4n) is 3.69. The average molecular weight is 337 g/mol. The number of para-hydroxylation sites is 1. The lowest BCUT2D eigenvalue weighted by Crippen LogP contribution is -2.50. The predicted molar refractivity (Wildman–Crippen MR) is 95.7 cm³/mol. The van der Waals surface area contributed by atoms with E-state index < -0.39 is 0 Å². The Kier molecular flexibility index (Phi) is 4.65. The van der Waals surface area contributed by atoms with Gasteiger partial charge in [-0.3, -0.25) is 9.78 Å². The standard InChI is InChI=1S/C20H23N3O2/c24-20(15-5-9-21-10-6-15)23-11-7-17(8-12-23)22-18-13-16-3-1-2-4-19(16)25-14-18/h1-6,9-10,17-18,22H,7-8,11-14H2. The summed E-state index contributed by atoms with van der Waals surface area (Å²) < 4.78 is 5.86. The number of likely N-dealkylation sites (tertiary alicyclic amines) is 1. The van der Waals surface area contributed by atoms with Crippen LogP contribution < -0.4 is 10.1 Å². The highest BCUT2D eigenvalue weighted by Gasteiger charge is 2.27. The van der Waals surface area contributed by atoms with Crippen LogP contribution >= 0.6 is 0 Å².